The van der Waals surface area contributed by atoms with Crippen LogP contribution in [0.1, 0.15) is 33.9 Å². The number of carbonyl (C=O) groups is 3. The first-order valence-electron chi connectivity index (χ1n) is 13.2. The third-order valence-electron chi connectivity index (χ3n) is 6.40. The maximum Gasteiger partial charge on any atom is 0.303 e. The SMILES string of the molecule is CC(=O)OC[C@H]1O[C@@H](n2cnc3c(N[C@H](C)CS(=O)(=O)c4nc5ccccc5s4)nc(Cl)nc32)C(OC(C)=O)C1OC(C)=O. The summed E-state index contributed by atoms with van der Waals surface area (Å²) >= 11 is 7.36. The second-order valence-electron chi connectivity index (χ2n) is 9.96. The van der Waals surface area contributed by atoms with E-state index in [1.54, 1.807) is 25.1 Å². The number of imidazole rings is 1. The number of aromatic nitrogens is 5. The molecule has 44 heavy (non-hydrogen) atoms. The van der Waals surface area contributed by atoms with Crippen molar-refractivity contribution >= 4 is 77.9 Å². The van der Waals surface area contributed by atoms with Crippen LogP contribution < -0.4 is 5.32 Å². The van der Waals surface area contributed by atoms with E-state index < -0.39 is 58.3 Å². The van der Waals surface area contributed by atoms with Crippen LogP contribution in [-0.2, 0) is 43.2 Å². The molecule has 1 aromatic carbocycles. The van der Waals surface area contributed by atoms with Crippen molar-refractivity contribution in [3.8, 4) is 0 Å². The van der Waals surface area contributed by atoms with Crippen molar-refractivity contribution in [2.45, 2.75) is 62.6 Å². The number of nitrogens with zero attached hydrogens (tertiary/aromatic N) is 5. The highest BCUT2D eigenvalue weighted by atomic mass is 35.5. The van der Waals surface area contributed by atoms with E-state index in [2.05, 4.69) is 25.3 Å². The zero-order valence-electron chi connectivity index (χ0n) is 23.8. The molecule has 0 radical (unpaired) electrons. The molecule has 1 fully saturated rings. The van der Waals surface area contributed by atoms with E-state index in [4.69, 9.17) is 30.5 Å². The van der Waals surface area contributed by atoms with Crippen LogP contribution in [0.25, 0.3) is 21.4 Å². The Morgan fingerprint density at radius 2 is 1.77 bits per heavy atom. The van der Waals surface area contributed by atoms with Gasteiger partial charge in [-0.1, -0.05) is 12.1 Å². The average Bonchev–Trinajstić information content (AvgIpc) is 3.63. The number of rotatable bonds is 10. The van der Waals surface area contributed by atoms with Crippen LogP contribution in [0.3, 0.4) is 0 Å². The zero-order chi connectivity index (χ0) is 31.8. The van der Waals surface area contributed by atoms with E-state index in [1.165, 1.54) is 31.7 Å². The molecule has 18 heteroatoms. The fourth-order valence-corrected chi connectivity index (χ4v) is 7.72. The van der Waals surface area contributed by atoms with Crippen LogP contribution in [0.2, 0.25) is 5.28 Å². The molecular weight excluding hydrogens is 640 g/mol. The number of para-hydroxylation sites is 1. The van der Waals surface area contributed by atoms with Gasteiger partial charge in [0, 0.05) is 26.8 Å². The molecule has 0 saturated carbocycles. The Balaban J connectivity index is 1.44. The van der Waals surface area contributed by atoms with E-state index in [-0.39, 0.29) is 39.0 Å². The van der Waals surface area contributed by atoms with Crippen molar-refractivity contribution in [3.05, 3.63) is 35.9 Å². The molecule has 15 nitrogen and oxygen atoms in total. The Kier molecular flexibility index (Phi) is 9.01. The lowest BCUT2D eigenvalue weighted by Crippen LogP contribution is -2.40. The Labute approximate surface area is 259 Å². The predicted octanol–water partition coefficient (Wildman–Crippen LogP) is 2.69. The third kappa shape index (κ3) is 6.74. The Bertz CT molecular complexity index is 1810. The number of thiazole rings is 1. The summed E-state index contributed by atoms with van der Waals surface area (Å²) in [6, 6.07) is 6.48. The minimum absolute atomic E-state index is 0.00281. The molecule has 1 aliphatic heterocycles. The van der Waals surface area contributed by atoms with Gasteiger partial charge in [-0.15, -0.1) is 11.3 Å². The topological polar surface area (TPSA) is 191 Å². The number of halogens is 1. The molecular formula is C26H27ClN6O9S2. The van der Waals surface area contributed by atoms with Crippen LogP contribution in [0, 0.1) is 0 Å². The molecule has 1 N–H and O–H groups in total. The van der Waals surface area contributed by atoms with Gasteiger partial charge in [0.1, 0.15) is 12.7 Å². The van der Waals surface area contributed by atoms with Crippen molar-refractivity contribution in [1.82, 2.24) is 24.5 Å². The Hall–Kier alpha value is -3.93. The lowest BCUT2D eigenvalue weighted by molar-refractivity contribution is -0.166. The van der Waals surface area contributed by atoms with Crippen LogP contribution >= 0.6 is 22.9 Å². The summed E-state index contributed by atoms with van der Waals surface area (Å²) < 4.78 is 50.6. The van der Waals surface area contributed by atoms with Gasteiger partial charge in [0.25, 0.3) is 0 Å². The number of benzene rings is 1. The van der Waals surface area contributed by atoms with Crippen molar-refractivity contribution in [1.29, 1.82) is 0 Å². The van der Waals surface area contributed by atoms with E-state index in [0.717, 1.165) is 16.0 Å². The fourth-order valence-electron chi connectivity index (χ4n) is 4.75. The van der Waals surface area contributed by atoms with Gasteiger partial charge in [-0.25, -0.2) is 18.4 Å². The number of hydrogen-bond acceptors (Lipinski definition) is 15. The largest absolute Gasteiger partial charge is 0.463 e. The predicted molar refractivity (Wildman–Crippen MR) is 157 cm³/mol. The van der Waals surface area contributed by atoms with Crippen molar-refractivity contribution in [2.24, 2.45) is 0 Å². The van der Waals surface area contributed by atoms with Gasteiger partial charge in [-0.3, -0.25) is 19.0 Å². The first-order chi connectivity index (χ1) is 20.8. The normalized spacial score (nSPS) is 20.8. The fraction of sp³-hybridized carbons (Fsp3) is 0.423. The van der Waals surface area contributed by atoms with Crippen molar-refractivity contribution < 1.29 is 41.7 Å². The maximum absolute atomic E-state index is 13.2. The summed E-state index contributed by atoms with van der Waals surface area (Å²) in [5.41, 5.74) is 0.945. The third-order valence-corrected chi connectivity index (χ3v) is 9.98. The number of fused-ring (bicyclic) bond motifs is 2. The van der Waals surface area contributed by atoms with Gasteiger partial charge in [-0.2, -0.15) is 9.97 Å². The number of sulfone groups is 1. The molecule has 5 rings (SSSR count). The minimum Gasteiger partial charge on any atom is -0.463 e. The number of esters is 3. The number of hydrogen-bond donors (Lipinski definition) is 1. The van der Waals surface area contributed by atoms with Crippen molar-refractivity contribution in [3.63, 3.8) is 0 Å². The smallest absolute Gasteiger partial charge is 0.303 e. The zero-order valence-corrected chi connectivity index (χ0v) is 26.2. The monoisotopic (exact) mass is 666 g/mol. The van der Waals surface area contributed by atoms with E-state index in [0.29, 0.717) is 5.52 Å². The lowest BCUT2D eigenvalue weighted by atomic mass is 10.1. The number of nitrogens with one attached hydrogen (secondary N) is 1. The summed E-state index contributed by atoms with van der Waals surface area (Å²) in [5.74, 6) is -2.12. The molecule has 4 heterocycles. The lowest BCUT2D eigenvalue weighted by Gasteiger charge is -2.23. The Morgan fingerprint density at radius 3 is 2.45 bits per heavy atom. The van der Waals surface area contributed by atoms with E-state index in [9.17, 15) is 22.8 Å². The van der Waals surface area contributed by atoms with Crippen LogP contribution in [0.5, 0.6) is 0 Å². The highest BCUT2D eigenvalue weighted by Crippen LogP contribution is 2.37. The highest BCUT2D eigenvalue weighted by Gasteiger charge is 2.51. The standard InChI is InChI=1S/C26H27ClN6O9S2/c1-12(10-44(37,38)26-30-16-7-5-6-8-18(16)43-26)29-22-19-23(32-25(27)31-22)33(11-28-19)24-21(41-15(4)36)20(40-14(3)35)17(42-24)9-39-13(2)34/h5-8,11-12,17,20-21,24H,9-10H2,1-4H3,(H,29,31,32)/t12-,17-,20?,21?,24-/m1/s1. The van der Waals surface area contributed by atoms with Crippen molar-refractivity contribution in [2.75, 3.05) is 17.7 Å². The molecule has 0 bridgehead atoms. The summed E-state index contributed by atoms with van der Waals surface area (Å²) in [6.07, 6.45) is -3.12. The summed E-state index contributed by atoms with van der Waals surface area (Å²) in [6.45, 7) is 4.93. The first-order valence-corrected chi connectivity index (χ1v) is 16.0. The minimum atomic E-state index is -3.77. The quantitative estimate of drug-likeness (QED) is 0.148. The molecule has 1 saturated heterocycles. The Morgan fingerprint density at radius 1 is 1.07 bits per heavy atom. The first kappa shape index (κ1) is 31.5. The molecule has 0 amide bonds. The highest BCUT2D eigenvalue weighted by molar-refractivity contribution is 7.93. The van der Waals surface area contributed by atoms with Gasteiger partial charge in [-0.05, 0) is 30.7 Å². The van der Waals surface area contributed by atoms with Crippen LogP contribution in [0.15, 0.2) is 34.9 Å². The van der Waals surface area contributed by atoms with Crippen LogP contribution in [-0.4, -0.2) is 87.5 Å². The molecule has 0 aliphatic carbocycles. The number of ether oxygens (including phenoxy) is 4. The molecule has 0 spiro atoms. The molecule has 3 aromatic heterocycles. The second-order valence-corrected chi connectivity index (χ2v) is 13.5. The molecule has 234 valence electrons. The molecule has 4 aromatic rings. The molecule has 5 atom stereocenters. The maximum atomic E-state index is 13.2. The summed E-state index contributed by atoms with van der Waals surface area (Å²) in [7, 11) is -3.77. The molecule has 1 aliphatic rings. The van der Waals surface area contributed by atoms with Gasteiger partial charge < -0.3 is 24.3 Å². The molecule has 2 unspecified atom stereocenters. The number of anilines is 1. The number of carbonyl (C=O) groups excluding carboxylic acids is 3. The summed E-state index contributed by atoms with van der Waals surface area (Å²) in [4.78, 5) is 52.6. The average molecular weight is 667 g/mol. The van der Waals surface area contributed by atoms with E-state index in [1.807, 2.05) is 6.07 Å². The van der Waals surface area contributed by atoms with Gasteiger partial charge in [0.05, 0.1) is 22.3 Å². The van der Waals surface area contributed by atoms with Gasteiger partial charge in [0.15, 0.2) is 35.4 Å². The van der Waals surface area contributed by atoms with Gasteiger partial charge in [0.2, 0.25) is 19.5 Å². The van der Waals surface area contributed by atoms with E-state index >= 15 is 0 Å². The van der Waals surface area contributed by atoms with Gasteiger partial charge >= 0.3 is 17.9 Å². The summed E-state index contributed by atoms with van der Waals surface area (Å²) in [5, 5.41) is 2.85. The van der Waals surface area contributed by atoms with Crippen LogP contribution in [0.4, 0.5) is 5.82 Å². The second kappa shape index (κ2) is 12.6.